The van der Waals surface area contributed by atoms with E-state index in [9.17, 15) is 14.7 Å². The van der Waals surface area contributed by atoms with Gasteiger partial charge in [-0.1, -0.05) is 6.92 Å². The van der Waals surface area contributed by atoms with Gasteiger partial charge in [0, 0.05) is 31.4 Å². The first-order chi connectivity index (χ1) is 10.5. The van der Waals surface area contributed by atoms with Gasteiger partial charge in [-0.3, -0.25) is 4.79 Å². The van der Waals surface area contributed by atoms with E-state index in [0.29, 0.717) is 30.9 Å². The molecular weight excluding hydrogens is 286 g/mol. The second-order valence-corrected chi connectivity index (χ2v) is 5.23. The Kier molecular flexibility index (Phi) is 4.75. The van der Waals surface area contributed by atoms with E-state index in [1.807, 2.05) is 13.0 Å². The van der Waals surface area contributed by atoms with Gasteiger partial charge >= 0.3 is 6.09 Å². The van der Waals surface area contributed by atoms with Crippen LogP contribution < -0.4 is 15.4 Å². The molecule has 1 aliphatic rings. The molecule has 0 saturated carbocycles. The highest BCUT2D eigenvalue weighted by atomic mass is 16.5. The highest BCUT2D eigenvalue weighted by Gasteiger charge is 2.29. The Labute approximate surface area is 129 Å². The van der Waals surface area contributed by atoms with Gasteiger partial charge in [-0.2, -0.15) is 0 Å². The third kappa shape index (κ3) is 3.08. The average Bonchev–Trinajstić information content (AvgIpc) is 2.53. The SMILES string of the molecule is CCC1CN(c2ccc(C(N)=O)c(OC)c2)CCN1C(=O)O. The lowest BCUT2D eigenvalue weighted by molar-refractivity contribution is 0.0996. The van der Waals surface area contributed by atoms with Crippen LogP contribution >= 0.6 is 0 Å². The van der Waals surface area contributed by atoms with Crippen molar-refractivity contribution >= 4 is 17.7 Å². The number of anilines is 1. The second-order valence-electron chi connectivity index (χ2n) is 5.23. The fourth-order valence-corrected chi connectivity index (χ4v) is 2.77. The molecule has 1 heterocycles. The van der Waals surface area contributed by atoms with Gasteiger partial charge in [-0.05, 0) is 18.6 Å². The molecule has 2 rings (SSSR count). The molecule has 0 radical (unpaired) electrons. The van der Waals surface area contributed by atoms with Crippen molar-refractivity contribution in [2.45, 2.75) is 19.4 Å². The van der Waals surface area contributed by atoms with E-state index in [2.05, 4.69) is 4.90 Å². The van der Waals surface area contributed by atoms with E-state index < -0.39 is 12.0 Å². The number of amides is 2. The molecule has 22 heavy (non-hydrogen) atoms. The molecule has 7 heteroatoms. The van der Waals surface area contributed by atoms with Crippen LogP contribution in [0.3, 0.4) is 0 Å². The van der Waals surface area contributed by atoms with Crippen LogP contribution in [-0.4, -0.2) is 54.8 Å². The first-order valence-corrected chi connectivity index (χ1v) is 7.20. The zero-order chi connectivity index (χ0) is 16.3. The molecule has 120 valence electrons. The van der Waals surface area contributed by atoms with Crippen LogP contribution in [0.4, 0.5) is 10.5 Å². The molecule has 3 N–H and O–H groups in total. The quantitative estimate of drug-likeness (QED) is 0.876. The lowest BCUT2D eigenvalue weighted by Crippen LogP contribution is -2.54. The Morgan fingerprint density at radius 1 is 1.41 bits per heavy atom. The number of piperazine rings is 1. The van der Waals surface area contributed by atoms with Gasteiger partial charge in [0.15, 0.2) is 0 Å². The molecule has 1 saturated heterocycles. The number of ether oxygens (including phenoxy) is 1. The lowest BCUT2D eigenvalue weighted by atomic mass is 10.1. The summed E-state index contributed by atoms with van der Waals surface area (Å²) in [6.07, 6.45) is -0.132. The number of carbonyl (C=O) groups is 2. The summed E-state index contributed by atoms with van der Waals surface area (Å²) in [4.78, 5) is 26.1. The van der Waals surface area contributed by atoms with Crippen molar-refractivity contribution in [2.75, 3.05) is 31.6 Å². The Balaban J connectivity index is 2.22. The second kappa shape index (κ2) is 6.55. The van der Waals surface area contributed by atoms with Gasteiger partial charge in [0.05, 0.1) is 18.7 Å². The van der Waals surface area contributed by atoms with Crippen LogP contribution in [0.2, 0.25) is 0 Å². The molecule has 7 nitrogen and oxygen atoms in total. The summed E-state index contributed by atoms with van der Waals surface area (Å²) in [6, 6.07) is 5.17. The number of hydrogen-bond acceptors (Lipinski definition) is 4. The number of primary amides is 1. The van der Waals surface area contributed by atoms with Crippen molar-refractivity contribution in [3.05, 3.63) is 23.8 Å². The zero-order valence-corrected chi connectivity index (χ0v) is 12.8. The summed E-state index contributed by atoms with van der Waals surface area (Å²) < 4.78 is 5.22. The van der Waals surface area contributed by atoms with Crippen molar-refractivity contribution in [1.29, 1.82) is 0 Å². The van der Waals surface area contributed by atoms with Crippen molar-refractivity contribution < 1.29 is 19.4 Å². The topological polar surface area (TPSA) is 96.1 Å². The summed E-state index contributed by atoms with van der Waals surface area (Å²) in [5, 5.41) is 9.21. The van der Waals surface area contributed by atoms with E-state index in [1.54, 1.807) is 12.1 Å². The van der Waals surface area contributed by atoms with Crippen LogP contribution in [0.5, 0.6) is 5.75 Å². The summed E-state index contributed by atoms with van der Waals surface area (Å²) in [5.74, 6) is -0.107. The molecule has 1 aromatic carbocycles. The van der Waals surface area contributed by atoms with Gasteiger partial charge in [-0.15, -0.1) is 0 Å². The van der Waals surface area contributed by atoms with Crippen molar-refractivity contribution in [1.82, 2.24) is 4.90 Å². The van der Waals surface area contributed by atoms with Gasteiger partial charge in [0.2, 0.25) is 0 Å². The maximum Gasteiger partial charge on any atom is 0.407 e. The largest absolute Gasteiger partial charge is 0.496 e. The van der Waals surface area contributed by atoms with E-state index in [1.165, 1.54) is 12.0 Å². The van der Waals surface area contributed by atoms with Gasteiger partial charge in [0.25, 0.3) is 5.91 Å². The molecule has 0 bridgehead atoms. The summed E-state index contributed by atoms with van der Waals surface area (Å²) >= 11 is 0. The van der Waals surface area contributed by atoms with Crippen LogP contribution in [0.15, 0.2) is 18.2 Å². The normalized spacial score (nSPS) is 18.2. The van der Waals surface area contributed by atoms with E-state index in [4.69, 9.17) is 10.5 Å². The standard InChI is InChI=1S/C15H21N3O4/c1-3-10-9-17(6-7-18(10)15(20)21)11-4-5-12(14(16)19)13(8-11)22-2/h4-5,8,10H,3,6-7,9H2,1-2H3,(H2,16,19)(H,20,21). The average molecular weight is 307 g/mol. The van der Waals surface area contributed by atoms with Gasteiger partial charge in [-0.25, -0.2) is 4.79 Å². The third-order valence-electron chi connectivity index (χ3n) is 4.02. The van der Waals surface area contributed by atoms with Crippen LogP contribution in [0, 0.1) is 0 Å². The summed E-state index contributed by atoms with van der Waals surface area (Å²) in [7, 11) is 1.49. The lowest BCUT2D eigenvalue weighted by Gasteiger charge is -2.40. The molecule has 1 aromatic rings. The fraction of sp³-hybridized carbons (Fsp3) is 0.467. The molecule has 0 spiro atoms. The number of benzene rings is 1. The van der Waals surface area contributed by atoms with E-state index in [0.717, 1.165) is 12.1 Å². The highest BCUT2D eigenvalue weighted by Crippen LogP contribution is 2.27. The predicted molar refractivity (Wildman–Crippen MR) is 82.5 cm³/mol. The Hall–Kier alpha value is -2.44. The maximum absolute atomic E-state index is 11.3. The van der Waals surface area contributed by atoms with Crippen molar-refractivity contribution in [3.63, 3.8) is 0 Å². The van der Waals surface area contributed by atoms with Crippen molar-refractivity contribution in [3.8, 4) is 5.75 Å². The van der Waals surface area contributed by atoms with Crippen LogP contribution in [0.25, 0.3) is 0 Å². The molecule has 2 amide bonds. The van der Waals surface area contributed by atoms with Gasteiger partial charge in [0.1, 0.15) is 5.75 Å². The Bertz CT molecular complexity index is 576. The number of carbonyl (C=O) groups excluding carboxylic acids is 1. The van der Waals surface area contributed by atoms with E-state index in [-0.39, 0.29) is 6.04 Å². The number of carboxylic acid groups (broad SMARTS) is 1. The fourth-order valence-electron chi connectivity index (χ4n) is 2.77. The van der Waals surface area contributed by atoms with Crippen molar-refractivity contribution in [2.24, 2.45) is 5.73 Å². The number of methoxy groups -OCH3 is 1. The molecule has 1 aliphatic heterocycles. The first-order valence-electron chi connectivity index (χ1n) is 7.20. The summed E-state index contributed by atoms with van der Waals surface area (Å²) in [6.45, 7) is 3.64. The minimum Gasteiger partial charge on any atom is -0.496 e. The number of nitrogens with zero attached hydrogens (tertiary/aromatic N) is 2. The minimum atomic E-state index is -0.881. The smallest absolute Gasteiger partial charge is 0.407 e. The highest BCUT2D eigenvalue weighted by molar-refractivity contribution is 5.96. The van der Waals surface area contributed by atoms with Gasteiger partial charge < -0.3 is 25.4 Å². The molecular formula is C15H21N3O4. The molecule has 1 fully saturated rings. The molecule has 1 atom stereocenters. The molecule has 0 aliphatic carbocycles. The van der Waals surface area contributed by atoms with Crippen LogP contribution in [0.1, 0.15) is 23.7 Å². The van der Waals surface area contributed by atoms with E-state index >= 15 is 0 Å². The number of rotatable bonds is 4. The minimum absolute atomic E-state index is 0.0481. The number of nitrogens with two attached hydrogens (primary N) is 1. The summed E-state index contributed by atoms with van der Waals surface area (Å²) in [5.41, 5.74) is 6.54. The Morgan fingerprint density at radius 2 is 2.14 bits per heavy atom. The predicted octanol–water partition coefficient (Wildman–Crippen LogP) is 1.37. The molecule has 0 aromatic heterocycles. The zero-order valence-electron chi connectivity index (χ0n) is 12.8. The maximum atomic E-state index is 11.3. The monoisotopic (exact) mass is 307 g/mol. The third-order valence-corrected chi connectivity index (χ3v) is 4.02. The first kappa shape index (κ1) is 15.9. The Morgan fingerprint density at radius 3 is 2.68 bits per heavy atom. The van der Waals surface area contributed by atoms with Crippen LogP contribution in [-0.2, 0) is 0 Å². The number of hydrogen-bond donors (Lipinski definition) is 2. The molecule has 1 unspecified atom stereocenters.